The van der Waals surface area contributed by atoms with Gasteiger partial charge >= 0.3 is 0 Å². The number of amides is 2. The summed E-state index contributed by atoms with van der Waals surface area (Å²) in [6, 6.07) is 13.5. The van der Waals surface area contributed by atoms with Crippen LogP contribution in [0.2, 0.25) is 0 Å². The Morgan fingerprint density at radius 1 is 1.04 bits per heavy atom. The van der Waals surface area contributed by atoms with Gasteiger partial charge in [0.25, 0.3) is 5.91 Å². The summed E-state index contributed by atoms with van der Waals surface area (Å²) in [6.07, 6.45) is 1.01. The van der Waals surface area contributed by atoms with Crippen LogP contribution in [0.5, 0.6) is 0 Å². The smallest absolute Gasteiger partial charge is 0.251 e. The maximum atomic E-state index is 12.1. The van der Waals surface area contributed by atoms with Crippen molar-refractivity contribution in [2.45, 2.75) is 25.8 Å². The van der Waals surface area contributed by atoms with E-state index in [9.17, 15) is 9.59 Å². The lowest BCUT2D eigenvalue weighted by Crippen LogP contribution is -2.32. The number of carbonyl (C=O) groups excluding carboxylic acids is 2. The number of carbonyl (C=O) groups is 2. The SMILES string of the molecule is CC(N)CCNC(=O)CCNC(=O)c1ccc2ccccc2c1. The van der Waals surface area contributed by atoms with Gasteiger partial charge in [0.05, 0.1) is 0 Å². The molecule has 0 aliphatic heterocycles. The van der Waals surface area contributed by atoms with E-state index in [1.165, 1.54) is 0 Å². The van der Waals surface area contributed by atoms with Gasteiger partial charge in [-0.05, 0) is 36.2 Å². The minimum Gasteiger partial charge on any atom is -0.356 e. The lowest BCUT2D eigenvalue weighted by molar-refractivity contribution is -0.120. The summed E-state index contributed by atoms with van der Waals surface area (Å²) < 4.78 is 0. The number of hydrogen-bond donors (Lipinski definition) is 3. The minimum absolute atomic E-state index is 0.0721. The fraction of sp³-hybridized carbons (Fsp3) is 0.333. The van der Waals surface area contributed by atoms with Crippen LogP contribution in [-0.4, -0.2) is 30.9 Å². The number of rotatable bonds is 7. The van der Waals surface area contributed by atoms with Crippen molar-refractivity contribution in [3.63, 3.8) is 0 Å². The summed E-state index contributed by atoms with van der Waals surface area (Å²) in [5.41, 5.74) is 6.21. The van der Waals surface area contributed by atoms with Crippen LogP contribution in [-0.2, 0) is 4.79 Å². The molecule has 0 radical (unpaired) electrons. The third kappa shape index (κ3) is 5.38. The molecule has 2 amide bonds. The van der Waals surface area contributed by atoms with Crippen LogP contribution in [0.25, 0.3) is 10.8 Å². The molecule has 0 fully saturated rings. The summed E-state index contributed by atoms with van der Waals surface area (Å²) in [5.74, 6) is -0.247. The molecule has 122 valence electrons. The molecule has 0 heterocycles. The van der Waals surface area contributed by atoms with Gasteiger partial charge in [-0.25, -0.2) is 0 Å². The molecule has 23 heavy (non-hydrogen) atoms. The highest BCUT2D eigenvalue weighted by Gasteiger charge is 2.07. The van der Waals surface area contributed by atoms with Gasteiger partial charge in [-0.15, -0.1) is 0 Å². The summed E-state index contributed by atoms with van der Waals surface area (Å²) in [6.45, 7) is 2.78. The maximum absolute atomic E-state index is 12.1. The molecule has 5 heteroatoms. The molecule has 2 rings (SSSR count). The summed E-state index contributed by atoms with van der Waals surface area (Å²) in [5, 5.41) is 7.67. The molecule has 1 atom stereocenters. The summed E-state index contributed by atoms with van der Waals surface area (Å²) in [4.78, 5) is 23.7. The number of hydrogen-bond acceptors (Lipinski definition) is 3. The largest absolute Gasteiger partial charge is 0.356 e. The third-order valence-electron chi connectivity index (χ3n) is 3.57. The van der Waals surface area contributed by atoms with E-state index in [-0.39, 0.29) is 24.3 Å². The highest BCUT2D eigenvalue weighted by atomic mass is 16.2. The Kier molecular flexibility index (Phi) is 6.11. The zero-order chi connectivity index (χ0) is 16.7. The van der Waals surface area contributed by atoms with E-state index in [2.05, 4.69) is 10.6 Å². The lowest BCUT2D eigenvalue weighted by atomic mass is 10.1. The monoisotopic (exact) mass is 313 g/mol. The first-order valence-corrected chi connectivity index (χ1v) is 7.85. The van der Waals surface area contributed by atoms with Crippen LogP contribution < -0.4 is 16.4 Å². The highest BCUT2D eigenvalue weighted by Crippen LogP contribution is 2.15. The molecule has 2 aromatic rings. The van der Waals surface area contributed by atoms with Gasteiger partial charge in [-0.1, -0.05) is 30.3 Å². The van der Waals surface area contributed by atoms with E-state index in [1.54, 1.807) is 6.07 Å². The third-order valence-corrected chi connectivity index (χ3v) is 3.57. The molecule has 0 saturated carbocycles. The Morgan fingerprint density at radius 2 is 1.78 bits per heavy atom. The second-order valence-electron chi connectivity index (χ2n) is 5.68. The van der Waals surface area contributed by atoms with E-state index < -0.39 is 0 Å². The van der Waals surface area contributed by atoms with E-state index >= 15 is 0 Å². The van der Waals surface area contributed by atoms with Crippen LogP contribution in [0.3, 0.4) is 0 Å². The van der Waals surface area contributed by atoms with Gasteiger partial charge in [0, 0.05) is 31.1 Å². The van der Waals surface area contributed by atoms with Crippen molar-refractivity contribution in [2.24, 2.45) is 5.73 Å². The van der Waals surface area contributed by atoms with Crippen LogP contribution in [0.15, 0.2) is 42.5 Å². The average Bonchev–Trinajstić information content (AvgIpc) is 2.54. The Bertz CT molecular complexity index is 683. The Hall–Kier alpha value is -2.40. The standard InChI is InChI=1S/C18H23N3O2/c1-13(19)8-10-20-17(22)9-11-21-18(23)16-7-6-14-4-2-3-5-15(14)12-16/h2-7,12-13H,8-11,19H2,1H3,(H,20,22)(H,21,23). The molecule has 5 nitrogen and oxygen atoms in total. The van der Waals surface area contributed by atoms with Crippen molar-refractivity contribution in [3.05, 3.63) is 48.0 Å². The predicted octanol–water partition coefficient (Wildman–Crippen LogP) is 1.81. The molecule has 0 bridgehead atoms. The Balaban J connectivity index is 1.78. The van der Waals surface area contributed by atoms with Crippen LogP contribution >= 0.6 is 0 Å². The minimum atomic E-state index is -0.167. The highest BCUT2D eigenvalue weighted by molar-refractivity contribution is 5.98. The molecule has 4 N–H and O–H groups in total. The number of nitrogens with one attached hydrogen (secondary N) is 2. The number of fused-ring (bicyclic) bond motifs is 1. The maximum Gasteiger partial charge on any atom is 0.251 e. The van der Waals surface area contributed by atoms with Gasteiger partial charge in [0.2, 0.25) is 5.91 Å². The van der Waals surface area contributed by atoms with E-state index in [0.717, 1.165) is 17.2 Å². The molecule has 2 aromatic carbocycles. The van der Waals surface area contributed by atoms with Crippen LogP contribution in [0.4, 0.5) is 0 Å². The first-order valence-electron chi connectivity index (χ1n) is 7.85. The van der Waals surface area contributed by atoms with Crippen LogP contribution in [0.1, 0.15) is 30.1 Å². The van der Waals surface area contributed by atoms with Crippen molar-refractivity contribution < 1.29 is 9.59 Å². The molecule has 0 aromatic heterocycles. The topological polar surface area (TPSA) is 84.2 Å². The van der Waals surface area contributed by atoms with E-state index in [0.29, 0.717) is 18.7 Å². The zero-order valence-corrected chi connectivity index (χ0v) is 13.3. The van der Waals surface area contributed by atoms with E-state index in [1.807, 2.05) is 43.3 Å². The molecular weight excluding hydrogens is 290 g/mol. The van der Waals surface area contributed by atoms with Crippen LogP contribution in [0, 0.1) is 0 Å². The van der Waals surface area contributed by atoms with Crippen molar-refractivity contribution in [1.29, 1.82) is 0 Å². The van der Waals surface area contributed by atoms with E-state index in [4.69, 9.17) is 5.73 Å². The first kappa shape index (κ1) is 17.0. The molecule has 1 unspecified atom stereocenters. The molecule has 0 aliphatic carbocycles. The van der Waals surface area contributed by atoms with Crippen molar-refractivity contribution in [1.82, 2.24) is 10.6 Å². The zero-order valence-electron chi connectivity index (χ0n) is 13.3. The molecule has 0 spiro atoms. The fourth-order valence-corrected chi connectivity index (χ4v) is 2.25. The molecule has 0 saturated heterocycles. The van der Waals surface area contributed by atoms with Gasteiger partial charge in [0.1, 0.15) is 0 Å². The Morgan fingerprint density at radius 3 is 2.52 bits per heavy atom. The second-order valence-corrected chi connectivity index (χ2v) is 5.68. The van der Waals surface area contributed by atoms with Crippen molar-refractivity contribution in [2.75, 3.05) is 13.1 Å². The summed E-state index contributed by atoms with van der Waals surface area (Å²) >= 11 is 0. The normalized spacial score (nSPS) is 11.9. The molecule has 0 aliphatic rings. The Labute approximate surface area is 136 Å². The van der Waals surface area contributed by atoms with Gasteiger partial charge in [-0.3, -0.25) is 9.59 Å². The first-order chi connectivity index (χ1) is 11.1. The van der Waals surface area contributed by atoms with Gasteiger partial charge in [0.15, 0.2) is 0 Å². The average molecular weight is 313 g/mol. The van der Waals surface area contributed by atoms with Crippen molar-refractivity contribution >= 4 is 22.6 Å². The number of benzene rings is 2. The van der Waals surface area contributed by atoms with Gasteiger partial charge in [-0.2, -0.15) is 0 Å². The fourth-order valence-electron chi connectivity index (χ4n) is 2.25. The second kappa shape index (κ2) is 8.29. The van der Waals surface area contributed by atoms with Gasteiger partial charge < -0.3 is 16.4 Å². The van der Waals surface area contributed by atoms with Crippen molar-refractivity contribution in [3.8, 4) is 0 Å². The predicted molar refractivity (Wildman–Crippen MR) is 92.2 cm³/mol. The summed E-state index contributed by atoms with van der Waals surface area (Å²) in [7, 11) is 0. The quantitative estimate of drug-likeness (QED) is 0.729. The lowest BCUT2D eigenvalue weighted by Gasteiger charge is -2.08. The molecular formula is C18H23N3O2. The number of nitrogens with two attached hydrogens (primary N) is 1.